The summed E-state index contributed by atoms with van der Waals surface area (Å²) in [7, 11) is -2.03. The molecule has 136 valence electrons. The molecule has 8 heteroatoms. The van der Waals surface area contributed by atoms with E-state index in [1.54, 1.807) is 48.8 Å². The third kappa shape index (κ3) is 4.36. The van der Waals surface area contributed by atoms with Gasteiger partial charge in [0.15, 0.2) is 0 Å². The molecule has 0 bridgehead atoms. The lowest BCUT2D eigenvalue weighted by molar-refractivity contribution is 0.413. The van der Waals surface area contributed by atoms with E-state index < -0.39 is 10.0 Å². The van der Waals surface area contributed by atoms with Crippen molar-refractivity contribution in [1.82, 2.24) is 9.55 Å². The molecule has 0 amide bonds. The van der Waals surface area contributed by atoms with Crippen LogP contribution in [0.1, 0.15) is 11.3 Å². The zero-order valence-electron chi connectivity index (χ0n) is 14.3. The number of anilines is 1. The van der Waals surface area contributed by atoms with Gasteiger partial charge in [-0.25, -0.2) is 13.4 Å². The van der Waals surface area contributed by atoms with Crippen molar-refractivity contribution in [2.75, 3.05) is 11.8 Å². The molecule has 0 fully saturated rings. The maximum Gasteiger partial charge on any atom is 0.236 e. The maximum absolute atomic E-state index is 12.4. The van der Waals surface area contributed by atoms with E-state index in [0.717, 1.165) is 11.4 Å². The summed E-state index contributed by atoms with van der Waals surface area (Å²) in [6.45, 7) is 1.89. The Morgan fingerprint density at radius 2 is 1.92 bits per heavy atom. The number of imidazole rings is 1. The summed E-state index contributed by atoms with van der Waals surface area (Å²) in [4.78, 5) is 4.19. The van der Waals surface area contributed by atoms with E-state index in [1.807, 2.05) is 17.7 Å². The third-order valence-corrected chi connectivity index (χ3v) is 5.22. The minimum atomic E-state index is -3.57. The van der Waals surface area contributed by atoms with Crippen LogP contribution in [-0.2, 0) is 15.8 Å². The van der Waals surface area contributed by atoms with Crippen LogP contribution in [0.5, 0.6) is 5.75 Å². The first-order chi connectivity index (χ1) is 12.4. The normalized spacial score (nSPS) is 11.3. The molecule has 0 unspecified atom stereocenters. The Bertz CT molecular complexity index is 1010. The van der Waals surface area contributed by atoms with Gasteiger partial charge in [-0.15, -0.1) is 0 Å². The fourth-order valence-electron chi connectivity index (χ4n) is 2.52. The first kappa shape index (κ1) is 18.3. The molecule has 1 N–H and O–H groups in total. The third-order valence-electron chi connectivity index (χ3n) is 3.71. The Morgan fingerprint density at radius 1 is 1.19 bits per heavy atom. The largest absolute Gasteiger partial charge is 0.494 e. The quantitative estimate of drug-likeness (QED) is 0.693. The average molecular weight is 392 g/mol. The van der Waals surface area contributed by atoms with Crippen LogP contribution in [0.3, 0.4) is 0 Å². The smallest absolute Gasteiger partial charge is 0.236 e. The number of sulfonamides is 1. The molecule has 3 rings (SSSR count). The van der Waals surface area contributed by atoms with Crippen molar-refractivity contribution in [3.63, 3.8) is 0 Å². The fourth-order valence-corrected chi connectivity index (χ4v) is 3.84. The number of halogens is 1. The molecule has 2 aromatic carbocycles. The van der Waals surface area contributed by atoms with Crippen molar-refractivity contribution in [1.29, 1.82) is 0 Å². The maximum atomic E-state index is 12.4. The number of hydrogen-bond acceptors (Lipinski definition) is 4. The number of hydrogen-bond donors (Lipinski definition) is 1. The number of ether oxygens (including phenoxy) is 1. The number of benzene rings is 2. The van der Waals surface area contributed by atoms with Crippen LogP contribution in [0, 0.1) is 6.92 Å². The van der Waals surface area contributed by atoms with Crippen LogP contribution in [0.15, 0.2) is 55.0 Å². The molecule has 26 heavy (non-hydrogen) atoms. The number of nitrogens with zero attached hydrogens (tertiary/aromatic N) is 2. The van der Waals surface area contributed by atoms with Gasteiger partial charge in [-0.1, -0.05) is 23.7 Å². The minimum Gasteiger partial charge on any atom is -0.494 e. The first-order valence-corrected chi connectivity index (χ1v) is 9.83. The van der Waals surface area contributed by atoms with Gasteiger partial charge in [-0.2, -0.15) is 0 Å². The molecule has 0 saturated heterocycles. The SMILES string of the molecule is COc1cc(NS(=O)(=O)Cc2ccc(Cl)cc2)ccc1-n1cnc(C)c1. The number of aryl methyl sites for hydroxylation is 1. The Balaban J connectivity index is 1.82. The van der Waals surface area contributed by atoms with Gasteiger partial charge < -0.3 is 9.30 Å². The molecular formula is C18H18ClN3O3S. The highest BCUT2D eigenvalue weighted by atomic mass is 35.5. The van der Waals surface area contributed by atoms with E-state index in [0.29, 0.717) is 22.0 Å². The van der Waals surface area contributed by atoms with Gasteiger partial charge in [-0.3, -0.25) is 4.72 Å². The summed E-state index contributed by atoms with van der Waals surface area (Å²) >= 11 is 5.83. The Labute approximate surface area is 157 Å². The lowest BCUT2D eigenvalue weighted by Crippen LogP contribution is -2.15. The second-order valence-corrected chi connectivity index (χ2v) is 7.96. The van der Waals surface area contributed by atoms with Crippen molar-refractivity contribution in [2.45, 2.75) is 12.7 Å². The number of methoxy groups -OCH3 is 1. The van der Waals surface area contributed by atoms with E-state index in [1.165, 1.54) is 7.11 Å². The summed E-state index contributed by atoms with van der Waals surface area (Å²) in [5.74, 6) is 0.392. The molecule has 6 nitrogen and oxygen atoms in total. The second kappa shape index (κ2) is 7.39. The van der Waals surface area contributed by atoms with Crippen LogP contribution < -0.4 is 9.46 Å². The monoisotopic (exact) mass is 391 g/mol. The number of aromatic nitrogens is 2. The first-order valence-electron chi connectivity index (χ1n) is 7.80. The standard InChI is InChI=1S/C18H18ClN3O3S/c1-13-10-22(12-20-13)17-8-7-16(9-18(17)25-2)21-26(23,24)11-14-3-5-15(19)6-4-14/h3-10,12,21H,11H2,1-2H3. The van der Waals surface area contributed by atoms with Gasteiger partial charge in [0.25, 0.3) is 0 Å². The van der Waals surface area contributed by atoms with Gasteiger partial charge in [0.05, 0.1) is 36.3 Å². The Kier molecular flexibility index (Phi) is 5.20. The number of nitrogens with one attached hydrogen (secondary N) is 1. The highest BCUT2D eigenvalue weighted by Crippen LogP contribution is 2.27. The van der Waals surface area contributed by atoms with Crippen LogP contribution >= 0.6 is 11.6 Å². The average Bonchev–Trinajstić information content (AvgIpc) is 3.02. The fraction of sp³-hybridized carbons (Fsp3) is 0.167. The molecule has 1 aromatic heterocycles. The highest BCUT2D eigenvalue weighted by Gasteiger charge is 2.14. The minimum absolute atomic E-state index is 0.144. The molecule has 0 atom stereocenters. The van der Waals surface area contributed by atoms with E-state index in [4.69, 9.17) is 16.3 Å². The molecule has 0 saturated carbocycles. The lowest BCUT2D eigenvalue weighted by atomic mass is 10.2. The second-order valence-electron chi connectivity index (χ2n) is 5.80. The van der Waals surface area contributed by atoms with E-state index in [9.17, 15) is 8.42 Å². The van der Waals surface area contributed by atoms with Crippen molar-refractivity contribution in [3.05, 3.63) is 71.3 Å². The van der Waals surface area contributed by atoms with Gasteiger partial charge in [0.1, 0.15) is 5.75 Å². The zero-order chi connectivity index (χ0) is 18.7. The molecule has 0 spiro atoms. The summed E-state index contributed by atoms with van der Waals surface area (Å²) in [5, 5.41) is 0.564. The molecule has 0 aliphatic heterocycles. The van der Waals surface area contributed by atoms with Gasteiger partial charge >= 0.3 is 0 Å². The van der Waals surface area contributed by atoms with Gasteiger partial charge in [0, 0.05) is 17.3 Å². The molecule has 1 heterocycles. The number of rotatable bonds is 6. The van der Waals surface area contributed by atoms with Gasteiger partial charge in [-0.05, 0) is 36.8 Å². The van der Waals surface area contributed by atoms with Crippen LogP contribution in [0.25, 0.3) is 5.69 Å². The Hall–Kier alpha value is -2.51. The van der Waals surface area contributed by atoms with Crippen LogP contribution in [0.2, 0.25) is 5.02 Å². The lowest BCUT2D eigenvalue weighted by Gasteiger charge is -2.13. The molecule has 0 aliphatic carbocycles. The molecule has 0 radical (unpaired) electrons. The predicted octanol–water partition coefficient (Wildman–Crippen LogP) is 3.78. The van der Waals surface area contributed by atoms with Crippen molar-refractivity contribution < 1.29 is 13.2 Å². The van der Waals surface area contributed by atoms with E-state index >= 15 is 0 Å². The molecule has 0 aliphatic rings. The molecular weight excluding hydrogens is 374 g/mol. The van der Waals surface area contributed by atoms with Crippen LogP contribution in [-0.4, -0.2) is 25.1 Å². The molecule has 3 aromatic rings. The zero-order valence-corrected chi connectivity index (χ0v) is 15.9. The topological polar surface area (TPSA) is 73.2 Å². The van der Waals surface area contributed by atoms with Crippen molar-refractivity contribution in [2.24, 2.45) is 0 Å². The summed E-state index contributed by atoms with van der Waals surface area (Å²) < 4.78 is 34.6. The van der Waals surface area contributed by atoms with Crippen molar-refractivity contribution in [3.8, 4) is 11.4 Å². The summed E-state index contributed by atoms with van der Waals surface area (Å²) in [6, 6.07) is 11.8. The van der Waals surface area contributed by atoms with Crippen LogP contribution in [0.4, 0.5) is 5.69 Å². The van der Waals surface area contributed by atoms with Gasteiger partial charge in [0.2, 0.25) is 10.0 Å². The van der Waals surface area contributed by atoms with Crippen molar-refractivity contribution >= 4 is 27.3 Å². The predicted molar refractivity (Wildman–Crippen MR) is 103 cm³/mol. The summed E-state index contributed by atoms with van der Waals surface area (Å²) in [6.07, 6.45) is 3.54. The summed E-state index contributed by atoms with van der Waals surface area (Å²) in [5.41, 5.74) is 2.73. The van der Waals surface area contributed by atoms with E-state index in [2.05, 4.69) is 9.71 Å². The van der Waals surface area contributed by atoms with E-state index in [-0.39, 0.29) is 5.75 Å². The highest BCUT2D eigenvalue weighted by molar-refractivity contribution is 7.91. The Morgan fingerprint density at radius 3 is 2.54 bits per heavy atom.